The van der Waals surface area contributed by atoms with Crippen LogP contribution < -0.4 is 0 Å². The predicted octanol–water partition coefficient (Wildman–Crippen LogP) is 12.2. The Balaban J connectivity index is 0.00000800. The summed E-state index contributed by atoms with van der Waals surface area (Å²) in [5.74, 6) is 0. The topological polar surface area (TPSA) is 24.7 Å². The van der Waals surface area contributed by atoms with Gasteiger partial charge in [-0.05, 0) is 100 Å². The first-order chi connectivity index (χ1) is 18.9. The van der Waals surface area contributed by atoms with Gasteiger partial charge >= 0.3 is 0 Å². The third-order valence-corrected chi connectivity index (χ3v) is 7.33. The quantitative estimate of drug-likeness (QED) is 0.0887. The minimum absolute atomic E-state index is 0. The van der Waals surface area contributed by atoms with Crippen molar-refractivity contribution in [3.05, 3.63) is 70.8 Å². The summed E-state index contributed by atoms with van der Waals surface area (Å²) >= 11 is 0. The minimum atomic E-state index is 0. The molecule has 0 spiro atoms. The van der Waals surface area contributed by atoms with E-state index >= 15 is 0 Å². The van der Waals surface area contributed by atoms with E-state index in [9.17, 15) is 0 Å². The van der Waals surface area contributed by atoms with Crippen LogP contribution in [0.1, 0.15) is 132 Å². The number of aryl methyl sites for hydroxylation is 4. The third kappa shape index (κ3) is 16.3. The zero-order valence-corrected chi connectivity index (χ0v) is 27.4. The Morgan fingerprint density at radius 3 is 1.35 bits per heavy atom. The molecule has 0 aliphatic heterocycles. The molecule has 0 fully saturated rings. The monoisotopic (exact) mass is 586 g/mol. The molecule has 0 radical (unpaired) electrons. The van der Waals surface area contributed by atoms with Gasteiger partial charge in [0.15, 0.2) is 0 Å². The molecule has 40 heavy (non-hydrogen) atoms. The van der Waals surface area contributed by atoms with Crippen molar-refractivity contribution < 1.29 is 16.5 Å². The number of allylic oxidation sites excluding steroid dienone is 2. The average molecular weight is 588 g/mol. The van der Waals surface area contributed by atoms with Crippen molar-refractivity contribution in [1.29, 1.82) is 0 Å². The number of nitrogens with zero attached hydrogens (tertiary/aromatic N) is 2. The Morgan fingerprint density at radius 1 is 0.550 bits per heavy atom. The van der Waals surface area contributed by atoms with Gasteiger partial charge < -0.3 is 0 Å². The number of hydrogen-bond donors (Lipinski definition) is 0. The average Bonchev–Trinajstić information content (AvgIpc) is 2.86. The molecule has 2 nitrogen and oxygen atoms in total. The van der Waals surface area contributed by atoms with Gasteiger partial charge in [-0.15, -0.1) is 0 Å². The van der Waals surface area contributed by atoms with Gasteiger partial charge in [0.25, 0.3) is 0 Å². The molecular formula is C37H56N2Ni. The third-order valence-electron chi connectivity index (χ3n) is 7.33. The second kappa shape index (κ2) is 21.7. The van der Waals surface area contributed by atoms with E-state index in [-0.39, 0.29) is 16.5 Å². The number of hydrogen-bond acceptors (Lipinski definition) is 2. The molecule has 0 N–H and O–H groups in total. The van der Waals surface area contributed by atoms with Crippen LogP contribution in [0.3, 0.4) is 0 Å². The van der Waals surface area contributed by atoms with Crippen LogP contribution in [0.5, 0.6) is 0 Å². The molecule has 0 aromatic heterocycles. The van der Waals surface area contributed by atoms with Crippen LogP contribution in [0.15, 0.2) is 58.5 Å². The van der Waals surface area contributed by atoms with Crippen LogP contribution in [0.4, 0.5) is 11.4 Å². The zero-order valence-electron chi connectivity index (χ0n) is 26.4. The molecule has 0 saturated heterocycles. The van der Waals surface area contributed by atoms with Gasteiger partial charge in [0.05, 0.1) is 22.8 Å². The molecule has 0 amide bonds. The maximum atomic E-state index is 5.03. The Morgan fingerprint density at radius 2 is 0.925 bits per heavy atom. The van der Waals surface area contributed by atoms with Crippen LogP contribution in [-0.2, 0) is 16.5 Å². The van der Waals surface area contributed by atoms with Crippen molar-refractivity contribution in [2.45, 2.75) is 138 Å². The van der Waals surface area contributed by atoms with Crippen molar-refractivity contribution in [3.63, 3.8) is 0 Å². The molecule has 2 aromatic carbocycles. The smallest absolute Gasteiger partial charge is 0.0845 e. The number of benzene rings is 2. The summed E-state index contributed by atoms with van der Waals surface area (Å²) in [6, 6.07) is 13.0. The fraction of sp³-hybridized carbons (Fsp3) is 0.568. The Kier molecular flexibility index (Phi) is 19.6. The van der Waals surface area contributed by atoms with Crippen LogP contribution >= 0.6 is 0 Å². The molecule has 0 unspecified atom stereocenters. The Hall–Kier alpha value is -1.99. The summed E-state index contributed by atoms with van der Waals surface area (Å²) in [5.41, 5.74) is 8.86. The first-order valence-corrected chi connectivity index (χ1v) is 15.8. The minimum Gasteiger partial charge on any atom is -0.251 e. The number of rotatable bonds is 19. The van der Waals surface area contributed by atoms with Crippen LogP contribution in [0.2, 0.25) is 0 Å². The fourth-order valence-electron chi connectivity index (χ4n) is 5.31. The van der Waals surface area contributed by atoms with E-state index in [1.807, 2.05) is 0 Å². The molecule has 0 bridgehead atoms. The van der Waals surface area contributed by atoms with Crippen molar-refractivity contribution in [1.82, 2.24) is 0 Å². The summed E-state index contributed by atoms with van der Waals surface area (Å²) in [6.07, 6.45) is 25.1. The molecule has 224 valence electrons. The molecule has 0 atom stereocenters. The van der Waals surface area contributed by atoms with E-state index in [4.69, 9.17) is 9.98 Å². The Bertz CT molecular complexity index is 1020. The van der Waals surface area contributed by atoms with Crippen molar-refractivity contribution in [2.75, 3.05) is 0 Å². The van der Waals surface area contributed by atoms with Gasteiger partial charge in [0.1, 0.15) is 0 Å². The number of aliphatic imine (C=N–C) groups is 2. The maximum absolute atomic E-state index is 5.03. The van der Waals surface area contributed by atoms with Gasteiger partial charge in [-0.2, -0.15) is 0 Å². The molecule has 0 aliphatic rings. The van der Waals surface area contributed by atoms with Crippen molar-refractivity contribution in [2.24, 2.45) is 9.98 Å². The normalized spacial score (nSPS) is 12.2. The van der Waals surface area contributed by atoms with Crippen LogP contribution in [-0.4, -0.2) is 11.4 Å². The molecule has 0 heterocycles. The standard InChI is InChI=1S/C37H56N2.Ni/c1-7-8-9-10-11-12-13-14-15-16-17-18-19-20-21-22-23-37(39-36-28-32(4)25-33(5)29-36)34(6)38-35-26-30(2)24-31(3)27-35;/h22-29H,7-21H2,1-6H3;/b23-22+,38-34?,39-37?;. The second-order valence-corrected chi connectivity index (χ2v) is 11.7. The maximum Gasteiger partial charge on any atom is 0.0845 e. The summed E-state index contributed by atoms with van der Waals surface area (Å²) < 4.78 is 0. The predicted molar refractivity (Wildman–Crippen MR) is 176 cm³/mol. The van der Waals surface area contributed by atoms with Gasteiger partial charge in [0, 0.05) is 16.5 Å². The first kappa shape index (κ1) is 36.0. The molecule has 0 saturated carbocycles. The molecule has 2 aromatic rings. The number of unbranched alkanes of at least 4 members (excludes halogenated alkanes) is 14. The summed E-state index contributed by atoms with van der Waals surface area (Å²) in [6.45, 7) is 12.9. The summed E-state index contributed by atoms with van der Waals surface area (Å²) in [7, 11) is 0. The molecule has 3 heteroatoms. The second-order valence-electron chi connectivity index (χ2n) is 11.7. The Labute approximate surface area is 257 Å². The summed E-state index contributed by atoms with van der Waals surface area (Å²) in [5, 5.41) is 0. The van der Waals surface area contributed by atoms with Gasteiger partial charge in [-0.1, -0.05) is 109 Å². The van der Waals surface area contributed by atoms with Crippen LogP contribution in [0, 0.1) is 27.7 Å². The summed E-state index contributed by atoms with van der Waals surface area (Å²) in [4.78, 5) is 9.98. The van der Waals surface area contributed by atoms with E-state index in [1.165, 1.54) is 112 Å². The van der Waals surface area contributed by atoms with Gasteiger partial charge in [0.2, 0.25) is 0 Å². The zero-order chi connectivity index (χ0) is 28.3. The van der Waals surface area contributed by atoms with E-state index in [0.717, 1.165) is 29.2 Å². The van der Waals surface area contributed by atoms with E-state index in [1.54, 1.807) is 0 Å². The van der Waals surface area contributed by atoms with Gasteiger partial charge in [-0.25, -0.2) is 4.99 Å². The first-order valence-electron chi connectivity index (χ1n) is 15.8. The van der Waals surface area contributed by atoms with Gasteiger partial charge in [-0.3, -0.25) is 4.99 Å². The fourth-order valence-corrected chi connectivity index (χ4v) is 5.31. The van der Waals surface area contributed by atoms with Crippen molar-refractivity contribution in [3.8, 4) is 0 Å². The largest absolute Gasteiger partial charge is 0.251 e. The van der Waals surface area contributed by atoms with Crippen molar-refractivity contribution >= 4 is 22.8 Å². The van der Waals surface area contributed by atoms with E-state index in [0.29, 0.717) is 0 Å². The van der Waals surface area contributed by atoms with Crippen LogP contribution in [0.25, 0.3) is 0 Å². The molecule has 0 aliphatic carbocycles. The van der Waals surface area contributed by atoms with E-state index in [2.05, 4.69) is 90.1 Å². The van der Waals surface area contributed by atoms with E-state index < -0.39 is 0 Å². The SMILES string of the molecule is CCCCCCCCCCCCCCCC/C=C/C(=Nc1cc(C)cc(C)c1)C(C)=Nc1cc(C)cc(C)c1.[Ni]. The molecular weight excluding hydrogens is 531 g/mol. The molecule has 2 rings (SSSR count).